The van der Waals surface area contributed by atoms with Gasteiger partial charge in [-0.05, 0) is 42.9 Å². The van der Waals surface area contributed by atoms with Crippen LogP contribution in [0.3, 0.4) is 0 Å². The molecule has 0 bridgehead atoms. The number of rotatable bonds is 6. The Labute approximate surface area is 150 Å². The summed E-state index contributed by atoms with van der Waals surface area (Å²) >= 11 is 6.96. The molecule has 1 aliphatic rings. The zero-order valence-corrected chi connectivity index (χ0v) is 15.4. The van der Waals surface area contributed by atoms with Crippen molar-refractivity contribution in [3.8, 4) is 0 Å². The van der Waals surface area contributed by atoms with Crippen LogP contribution in [0.1, 0.15) is 13.3 Å². The summed E-state index contributed by atoms with van der Waals surface area (Å²) in [5, 5.41) is 8.78. The number of halogens is 1. The lowest BCUT2D eigenvalue weighted by Gasteiger charge is -2.33. The van der Waals surface area contributed by atoms with Crippen molar-refractivity contribution >= 4 is 34.4 Å². The maximum atomic E-state index is 13.0. The van der Waals surface area contributed by atoms with Gasteiger partial charge in [0, 0.05) is 12.2 Å². The van der Waals surface area contributed by atoms with Gasteiger partial charge in [-0.15, -0.1) is 5.10 Å². The van der Waals surface area contributed by atoms with Crippen LogP contribution in [0.5, 0.6) is 0 Å². The molecule has 1 fully saturated rings. The van der Waals surface area contributed by atoms with Gasteiger partial charge in [0.15, 0.2) is 10.6 Å². The van der Waals surface area contributed by atoms with E-state index in [9.17, 15) is 4.39 Å². The highest BCUT2D eigenvalue weighted by Crippen LogP contribution is 2.15. The molecular formula is C16H23FN5S2+. The molecule has 3 rings (SSSR count). The lowest BCUT2D eigenvalue weighted by atomic mass is 10.2. The van der Waals surface area contributed by atoms with Gasteiger partial charge < -0.3 is 15.1 Å². The topological polar surface area (TPSA) is 37.5 Å². The quantitative estimate of drug-likeness (QED) is 0.765. The van der Waals surface area contributed by atoms with Crippen LogP contribution in [0, 0.1) is 9.77 Å². The van der Waals surface area contributed by atoms with Gasteiger partial charge in [0.05, 0.1) is 26.2 Å². The molecule has 2 aromatic rings. The average molecular weight is 369 g/mol. The first-order valence-electron chi connectivity index (χ1n) is 8.31. The number of quaternary nitrogens is 1. The van der Waals surface area contributed by atoms with Crippen LogP contribution in [0.4, 0.5) is 15.2 Å². The molecular weight excluding hydrogens is 345 g/mol. The van der Waals surface area contributed by atoms with E-state index in [-0.39, 0.29) is 5.82 Å². The van der Waals surface area contributed by atoms with Crippen molar-refractivity contribution in [3.63, 3.8) is 0 Å². The van der Waals surface area contributed by atoms with Crippen molar-refractivity contribution in [2.75, 3.05) is 42.9 Å². The van der Waals surface area contributed by atoms with E-state index in [2.05, 4.69) is 22.2 Å². The summed E-state index contributed by atoms with van der Waals surface area (Å²) in [4.78, 5) is 3.77. The Kier molecular flexibility index (Phi) is 5.80. The zero-order chi connectivity index (χ0) is 16.9. The van der Waals surface area contributed by atoms with Crippen LogP contribution in [0.15, 0.2) is 24.3 Å². The molecule has 1 aliphatic heterocycles. The molecule has 2 heterocycles. The Morgan fingerprint density at radius 1 is 1.29 bits per heavy atom. The van der Waals surface area contributed by atoms with Crippen molar-refractivity contribution in [1.82, 2.24) is 9.78 Å². The fourth-order valence-electron chi connectivity index (χ4n) is 2.81. The summed E-state index contributed by atoms with van der Waals surface area (Å²) in [6.45, 7) is 7.82. The Morgan fingerprint density at radius 3 is 2.67 bits per heavy atom. The summed E-state index contributed by atoms with van der Waals surface area (Å²) in [5.74, 6) is -0.187. The average Bonchev–Trinajstić information content (AvgIpc) is 2.94. The van der Waals surface area contributed by atoms with E-state index in [0.29, 0.717) is 0 Å². The molecule has 1 aromatic heterocycles. The standard InChI is InChI=1S/C16H22FN5S2/c1-2-7-18-15-19-22(16(23)24-15)12-20-8-10-21(11-9-20)14-5-3-13(17)4-6-14/h3-6H,2,7-12H2,1H3,(H,18,19)/p+1. The first-order valence-corrected chi connectivity index (χ1v) is 9.54. The second kappa shape index (κ2) is 8.04. The predicted octanol–water partition coefficient (Wildman–Crippen LogP) is 2.00. The van der Waals surface area contributed by atoms with Gasteiger partial charge in [0.2, 0.25) is 5.13 Å². The van der Waals surface area contributed by atoms with Crippen LogP contribution in [0.25, 0.3) is 0 Å². The van der Waals surface area contributed by atoms with Crippen molar-refractivity contribution in [2.45, 2.75) is 20.0 Å². The number of benzene rings is 1. The van der Waals surface area contributed by atoms with E-state index in [4.69, 9.17) is 12.2 Å². The monoisotopic (exact) mass is 368 g/mol. The molecule has 0 amide bonds. The minimum absolute atomic E-state index is 0.187. The molecule has 1 aromatic carbocycles. The summed E-state index contributed by atoms with van der Waals surface area (Å²) in [6, 6.07) is 6.74. The number of nitrogens with one attached hydrogen (secondary N) is 2. The normalized spacial score (nSPS) is 15.7. The van der Waals surface area contributed by atoms with Gasteiger partial charge >= 0.3 is 0 Å². The highest BCUT2D eigenvalue weighted by Gasteiger charge is 2.21. The third-order valence-electron chi connectivity index (χ3n) is 4.17. The third-order valence-corrected chi connectivity index (χ3v) is 5.43. The number of anilines is 2. The minimum atomic E-state index is -0.187. The Hall–Kier alpha value is -1.51. The smallest absolute Gasteiger partial charge is 0.204 e. The molecule has 1 saturated heterocycles. The van der Waals surface area contributed by atoms with Crippen LogP contribution < -0.4 is 15.1 Å². The van der Waals surface area contributed by atoms with E-state index < -0.39 is 0 Å². The molecule has 0 unspecified atom stereocenters. The van der Waals surface area contributed by atoms with E-state index in [1.165, 1.54) is 28.4 Å². The molecule has 5 nitrogen and oxygen atoms in total. The highest BCUT2D eigenvalue weighted by atomic mass is 32.1. The molecule has 0 saturated carbocycles. The van der Waals surface area contributed by atoms with Crippen LogP contribution >= 0.6 is 23.6 Å². The fraction of sp³-hybridized carbons (Fsp3) is 0.500. The van der Waals surface area contributed by atoms with E-state index >= 15 is 0 Å². The van der Waals surface area contributed by atoms with Crippen LogP contribution in [-0.4, -0.2) is 42.5 Å². The highest BCUT2D eigenvalue weighted by molar-refractivity contribution is 7.73. The first kappa shape index (κ1) is 17.3. The summed E-state index contributed by atoms with van der Waals surface area (Å²) < 4.78 is 15.8. The lowest BCUT2D eigenvalue weighted by molar-refractivity contribution is -0.924. The van der Waals surface area contributed by atoms with Crippen molar-refractivity contribution in [2.24, 2.45) is 0 Å². The molecule has 2 N–H and O–H groups in total. The number of hydrogen-bond acceptors (Lipinski definition) is 5. The van der Waals surface area contributed by atoms with Gasteiger partial charge in [-0.1, -0.05) is 18.3 Å². The predicted molar refractivity (Wildman–Crippen MR) is 99.0 cm³/mol. The van der Waals surface area contributed by atoms with Gasteiger partial charge in [-0.3, -0.25) is 0 Å². The SMILES string of the molecule is CCCNc1nn(C[NH+]2CCN(c3ccc(F)cc3)CC2)c(=S)s1. The van der Waals surface area contributed by atoms with Crippen LogP contribution in [0.2, 0.25) is 0 Å². The second-order valence-corrected chi connectivity index (χ2v) is 7.59. The van der Waals surface area contributed by atoms with Crippen molar-refractivity contribution in [3.05, 3.63) is 34.0 Å². The minimum Gasteiger partial charge on any atom is -0.360 e. The second-order valence-electron chi connectivity index (χ2n) is 5.97. The molecule has 0 radical (unpaired) electrons. The third kappa shape index (κ3) is 4.31. The number of aromatic nitrogens is 2. The summed E-state index contributed by atoms with van der Waals surface area (Å²) in [6.07, 6.45) is 1.07. The van der Waals surface area contributed by atoms with Crippen molar-refractivity contribution < 1.29 is 9.29 Å². The molecule has 8 heteroatoms. The molecule has 130 valence electrons. The number of nitrogens with zero attached hydrogens (tertiary/aromatic N) is 3. The Bertz CT molecular complexity index is 704. The summed E-state index contributed by atoms with van der Waals surface area (Å²) in [5.41, 5.74) is 1.09. The molecule has 0 aliphatic carbocycles. The van der Waals surface area contributed by atoms with Gasteiger partial charge in [0.1, 0.15) is 5.82 Å². The van der Waals surface area contributed by atoms with Gasteiger partial charge in [-0.2, -0.15) is 4.68 Å². The Balaban J connectivity index is 1.54. The van der Waals surface area contributed by atoms with E-state index in [1.807, 2.05) is 16.8 Å². The largest absolute Gasteiger partial charge is 0.360 e. The number of hydrogen-bond donors (Lipinski definition) is 2. The zero-order valence-electron chi connectivity index (χ0n) is 13.8. The first-order chi connectivity index (χ1) is 11.7. The van der Waals surface area contributed by atoms with Crippen LogP contribution in [-0.2, 0) is 6.67 Å². The van der Waals surface area contributed by atoms with Gasteiger partial charge in [0.25, 0.3) is 0 Å². The van der Waals surface area contributed by atoms with Crippen molar-refractivity contribution in [1.29, 1.82) is 0 Å². The maximum Gasteiger partial charge on any atom is 0.204 e. The van der Waals surface area contributed by atoms with E-state index in [1.54, 1.807) is 0 Å². The van der Waals surface area contributed by atoms with Gasteiger partial charge in [-0.25, -0.2) is 4.39 Å². The Morgan fingerprint density at radius 2 is 2.00 bits per heavy atom. The fourth-order valence-corrected chi connectivity index (χ4v) is 3.84. The summed E-state index contributed by atoms with van der Waals surface area (Å²) in [7, 11) is 0. The number of piperazine rings is 1. The molecule has 0 atom stereocenters. The molecule has 0 spiro atoms. The lowest BCUT2D eigenvalue weighted by Crippen LogP contribution is -3.14. The maximum absolute atomic E-state index is 13.0. The van der Waals surface area contributed by atoms with E-state index in [0.717, 1.165) is 60.6 Å². The molecule has 24 heavy (non-hydrogen) atoms.